The summed E-state index contributed by atoms with van der Waals surface area (Å²) in [6.07, 6.45) is -0.135. The topological polar surface area (TPSA) is 59.4 Å². The van der Waals surface area contributed by atoms with E-state index in [1.165, 1.54) is 6.07 Å². The lowest BCUT2D eigenvalue weighted by atomic mass is 10.1. The van der Waals surface area contributed by atoms with Gasteiger partial charge < -0.3 is 9.84 Å². The normalized spacial score (nSPS) is 11.9. The van der Waals surface area contributed by atoms with Gasteiger partial charge in [-0.2, -0.15) is 0 Å². The van der Waals surface area contributed by atoms with Crippen molar-refractivity contribution in [1.82, 2.24) is 4.98 Å². The minimum Gasteiger partial charge on any atom is -0.478 e. The number of rotatable bonds is 4. The predicted molar refractivity (Wildman–Crippen MR) is 71.4 cm³/mol. The van der Waals surface area contributed by atoms with Crippen molar-refractivity contribution >= 4 is 5.97 Å². The Morgan fingerprint density at radius 1 is 1.21 bits per heavy atom. The summed E-state index contributed by atoms with van der Waals surface area (Å²) in [4.78, 5) is 15.1. The molecule has 2 rings (SSSR count). The van der Waals surface area contributed by atoms with Crippen LogP contribution in [0.1, 0.15) is 34.6 Å². The Bertz CT molecular complexity index is 581. The maximum atomic E-state index is 10.9. The molecule has 1 heterocycles. The van der Waals surface area contributed by atoms with Gasteiger partial charge in [0.15, 0.2) is 0 Å². The smallest absolute Gasteiger partial charge is 0.337 e. The molecule has 0 saturated carbocycles. The van der Waals surface area contributed by atoms with Crippen molar-refractivity contribution in [3.05, 3.63) is 59.3 Å². The van der Waals surface area contributed by atoms with Crippen molar-refractivity contribution < 1.29 is 14.6 Å². The molecule has 1 atom stereocenters. The number of carbonyl (C=O) groups is 1. The van der Waals surface area contributed by atoms with E-state index in [-0.39, 0.29) is 11.7 Å². The first kappa shape index (κ1) is 13.1. The molecule has 0 aliphatic rings. The van der Waals surface area contributed by atoms with Gasteiger partial charge in [-0.05, 0) is 25.5 Å². The molecule has 19 heavy (non-hydrogen) atoms. The molecule has 4 heteroatoms. The van der Waals surface area contributed by atoms with Crippen LogP contribution >= 0.6 is 0 Å². The molecule has 1 N–H and O–H groups in total. The molecule has 0 saturated heterocycles. The highest BCUT2D eigenvalue weighted by Gasteiger charge is 2.11. The third-order valence-electron chi connectivity index (χ3n) is 2.86. The number of carboxylic acid groups (broad SMARTS) is 1. The first-order valence-corrected chi connectivity index (χ1v) is 6.00. The van der Waals surface area contributed by atoms with E-state index in [9.17, 15) is 4.79 Å². The largest absolute Gasteiger partial charge is 0.478 e. The second kappa shape index (κ2) is 5.52. The van der Waals surface area contributed by atoms with Crippen molar-refractivity contribution in [2.24, 2.45) is 0 Å². The quantitative estimate of drug-likeness (QED) is 0.913. The zero-order chi connectivity index (χ0) is 13.8. The second-order valence-electron chi connectivity index (χ2n) is 4.26. The summed E-state index contributed by atoms with van der Waals surface area (Å²) in [5, 5.41) is 8.94. The highest BCUT2D eigenvalue weighted by molar-refractivity contribution is 5.88. The number of hydrogen-bond acceptors (Lipinski definition) is 3. The van der Waals surface area contributed by atoms with E-state index in [0.717, 1.165) is 5.56 Å². The van der Waals surface area contributed by atoms with E-state index < -0.39 is 5.97 Å². The number of aromatic carboxylic acids is 1. The number of nitrogens with zero attached hydrogens (tertiary/aromatic N) is 1. The van der Waals surface area contributed by atoms with Gasteiger partial charge in [-0.15, -0.1) is 0 Å². The van der Waals surface area contributed by atoms with Gasteiger partial charge >= 0.3 is 5.97 Å². The number of benzene rings is 1. The lowest BCUT2D eigenvalue weighted by molar-refractivity contribution is 0.0695. The van der Waals surface area contributed by atoms with E-state index >= 15 is 0 Å². The van der Waals surface area contributed by atoms with Crippen LogP contribution in [0.3, 0.4) is 0 Å². The fourth-order valence-electron chi connectivity index (χ4n) is 1.80. The maximum Gasteiger partial charge on any atom is 0.337 e. The first-order valence-electron chi connectivity index (χ1n) is 6.00. The summed E-state index contributed by atoms with van der Waals surface area (Å²) < 4.78 is 5.71. The lowest BCUT2D eigenvalue weighted by Crippen LogP contribution is -2.07. The van der Waals surface area contributed by atoms with Crippen molar-refractivity contribution in [1.29, 1.82) is 0 Å². The van der Waals surface area contributed by atoms with Crippen molar-refractivity contribution in [2.75, 3.05) is 0 Å². The third kappa shape index (κ3) is 3.10. The molecule has 98 valence electrons. The number of aromatic nitrogens is 1. The summed E-state index contributed by atoms with van der Waals surface area (Å²) in [6.45, 7) is 3.58. The van der Waals surface area contributed by atoms with E-state index in [4.69, 9.17) is 9.84 Å². The average molecular weight is 257 g/mol. The van der Waals surface area contributed by atoms with E-state index in [0.29, 0.717) is 11.6 Å². The number of hydrogen-bond donors (Lipinski definition) is 1. The number of ether oxygens (including phenoxy) is 1. The molecule has 2 aromatic rings. The minimum atomic E-state index is -0.979. The predicted octanol–water partition coefficient (Wildman–Crippen LogP) is 3.23. The van der Waals surface area contributed by atoms with Crippen LogP contribution in [0.15, 0.2) is 42.5 Å². The lowest BCUT2D eigenvalue weighted by Gasteiger charge is -2.14. The van der Waals surface area contributed by atoms with E-state index in [1.54, 1.807) is 13.0 Å². The Kier molecular flexibility index (Phi) is 3.80. The van der Waals surface area contributed by atoms with Crippen LogP contribution in [-0.4, -0.2) is 16.1 Å². The summed E-state index contributed by atoms with van der Waals surface area (Å²) in [6, 6.07) is 12.9. The monoisotopic (exact) mass is 257 g/mol. The second-order valence-corrected chi connectivity index (χ2v) is 4.26. The van der Waals surface area contributed by atoms with E-state index in [1.807, 2.05) is 37.3 Å². The minimum absolute atomic E-state index is 0.135. The van der Waals surface area contributed by atoms with Crippen molar-refractivity contribution in [2.45, 2.75) is 20.0 Å². The van der Waals surface area contributed by atoms with Gasteiger partial charge in [0, 0.05) is 6.07 Å². The number of aryl methyl sites for hydroxylation is 1. The first-order chi connectivity index (χ1) is 9.08. The Hall–Kier alpha value is -2.36. The van der Waals surface area contributed by atoms with Gasteiger partial charge in [0.25, 0.3) is 0 Å². The zero-order valence-electron chi connectivity index (χ0n) is 10.8. The van der Waals surface area contributed by atoms with Crippen molar-refractivity contribution in [3.8, 4) is 5.88 Å². The molecule has 0 aliphatic carbocycles. The molecule has 1 unspecified atom stereocenters. The molecule has 0 aliphatic heterocycles. The Morgan fingerprint density at radius 3 is 2.47 bits per heavy atom. The standard InChI is InChI=1S/C15H15NO3/c1-10-13(15(17)18)8-9-14(16-10)19-11(2)12-6-4-3-5-7-12/h3-9,11H,1-2H3,(H,17,18). The van der Waals surface area contributed by atoms with E-state index in [2.05, 4.69) is 4.98 Å². The van der Waals surface area contributed by atoms with Gasteiger partial charge in [-0.25, -0.2) is 9.78 Å². The van der Waals surface area contributed by atoms with Gasteiger partial charge in [-0.1, -0.05) is 30.3 Å². The Balaban J connectivity index is 2.16. The number of pyridine rings is 1. The Labute approximate surface area is 111 Å². The van der Waals surface area contributed by atoms with Crippen LogP contribution in [0.2, 0.25) is 0 Å². The fraction of sp³-hybridized carbons (Fsp3) is 0.200. The van der Waals surface area contributed by atoms with Crippen LogP contribution in [-0.2, 0) is 0 Å². The molecule has 0 radical (unpaired) electrons. The molecular weight excluding hydrogens is 242 g/mol. The maximum absolute atomic E-state index is 10.9. The molecule has 0 amide bonds. The summed E-state index contributed by atoms with van der Waals surface area (Å²) >= 11 is 0. The molecular formula is C15H15NO3. The Morgan fingerprint density at radius 2 is 1.89 bits per heavy atom. The van der Waals surface area contributed by atoms with Crippen LogP contribution < -0.4 is 4.74 Å². The zero-order valence-corrected chi connectivity index (χ0v) is 10.8. The molecule has 0 spiro atoms. The molecule has 4 nitrogen and oxygen atoms in total. The summed E-state index contributed by atoms with van der Waals surface area (Å²) in [5.74, 6) is -0.550. The fourth-order valence-corrected chi connectivity index (χ4v) is 1.80. The summed E-state index contributed by atoms with van der Waals surface area (Å²) in [7, 11) is 0. The van der Waals surface area contributed by atoms with Gasteiger partial charge in [-0.3, -0.25) is 0 Å². The highest BCUT2D eigenvalue weighted by Crippen LogP contribution is 2.21. The average Bonchev–Trinajstić information content (AvgIpc) is 2.39. The van der Waals surface area contributed by atoms with Crippen LogP contribution in [0.5, 0.6) is 5.88 Å². The third-order valence-corrected chi connectivity index (χ3v) is 2.86. The van der Waals surface area contributed by atoms with Crippen molar-refractivity contribution in [3.63, 3.8) is 0 Å². The van der Waals surface area contributed by atoms with Gasteiger partial charge in [0.05, 0.1) is 11.3 Å². The summed E-state index contributed by atoms with van der Waals surface area (Å²) in [5.41, 5.74) is 1.69. The molecule has 1 aromatic carbocycles. The van der Waals surface area contributed by atoms with Crippen LogP contribution in [0.25, 0.3) is 0 Å². The van der Waals surface area contributed by atoms with Crippen LogP contribution in [0.4, 0.5) is 0 Å². The number of carboxylic acids is 1. The molecule has 0 bridgehead atoms. The van der Waals surface area contributed by atoms with Gasteiger partial charge in [0.1, 0.15) is 6.10 Å². The SMILES string of the molecule is Cc1nc(OC(C)c2ccccc2)ccc1C(=O)O. The van der Waals surface area contributed by atoms with Gasteiger partial charge in [0.2, 0.25) is 5.88 Å². The highest BCUT2D eigenvalue weighted by atomic mass is 16.5. The molecule has 0 fully saturated rings. The molecule has 1 aromatic heterocycles. The van der Waals surface area contributed by atoms with Crippen LogP contribution in [0, 0.1) is 6.92 Å².